The molecule has 0 bridgehead atoms. The van der Waals surface area contributed by atoms with Crippen molar-refractivity contribution < 1.29 is 9.53 Å². The van der Waals surface area contributed by atoms with Crippen molar-refractivity contribution in [2.75, 3.05) is 26.3 Å². The predicted octanol–water partition coefficient (Wildman–Crippen LogP) is 1.46. The van der Waals surface area contributed by atoms with Gasteiger partial charge in [-0.05, 0) is 5.56 Å². The predicted molar refractivity (Wildman–Crippen MR) is 87.3 cm³/mol. The Morgan fingerprint density at radius 1 is 1.22 bits per heavy atom. The lowest BCUT2D eigenvalue weighted by atomic mass is 10.1. The van der Waals surface area contributed by atoms with Crippen LogP contribution in [0.3, 0.4) is 0 Å². The Hall–Kier alpha value is -2.12. The van der Waals surface area contributed by atoms with Crippen molar-refractivity contribution in [2.45, 2.75) is 10.4 Å². The van der Waals surface area contributed by atoms with Gasteiger partial charge >= 0.3 is 0 Å². The Morgan fingerprint density at radius 3 is 2.65 bits per heavy atom. The largest absolute Gasteiger partial charge is 0.378 e. The minimum atomic E-state index is -0.445. The number of carbonyl (C=O) groups is 1. The van der Waals surface area contributed by atoms with Crippen LogP contribution in [0.5, 0.6) is 0 Å². The van der Waals surface area contributed by atoms with Crippen molar-refractivity contribution in [1.82, 2.24) is 14.9 Å². The van der Waals surface area contributed by atoms with Gasteiger partial charge in [0, 0.05) is 25.4 Å². The van der Waals surface area contributed by atoms with E-state index in [2.05, 4.69) is 9.97 Å². The fraction of sp³-hybridized carbons (Fsp3) is 0.312. The molecular formula is C16H17N3O3S. The van der Waals surface area contributed by atoms with E-state index in [1.807, 2.05) is 30.3 Å². The van der Waals surface area contributed by atoms with Crippen LogP contribution in [0.15, 0.2) is 52.5 Å². The Bertz CT molecular complexity index is 714. The maximum atomic E-state index is 12.9. The number of hydrogen-bond acceptors (Lipinski definition) is 5. The van der Waals surface area contributed by atoms with Gasteiger partial charge in [0.25, 0.3) is 5.56 Å². The second-order valence-corrected chi connectivity index (χ2v) is 6.18. The molecule has 2 heterocycles. The molecule has 1 aromatic carbocycles. The summed E-state index contributed by atoms with van der Waals surface area (Å²) in [5.74, 6) is 0.0102. The lowest BCUT2D eigenvalue weighted by Gasteiger charge is -2.30. The smallest absolute Gasteiger partial charge is 0.251 e. The number of rotatable bonds is 4. The number of amides is 1. The van der Waals surface area contributed by atoms with Gasteiger partial charge < -0.3 is 14.6 Å². The van der Waals surface area contributed by atoms with Gasteiger partial charge in [-0.2, -0.15) is 0 Å². The highest BCUT2D eigenvalue weighted by Crippen LogP contribution is 2.34. The lowest BCUT2D eigenvalue weighted by Crippen LogP contribution is -2.42. The van der Waals surface area contributed by atoms with Gasteiger partial charge in [-0.3, -0.25) is 9.59 Å². The first kappa shape index (κ1) is 15.8. The van der Waals surface area contributed by atoms with Crippen LogP contribution in [0.25, 0.3) is 0 Å². The molecule has 1 amide bonds. The number of H-pyrrole nitrogens is 1. The maximum Gasteiger partial charge on any atom is 0.251 e. The van der Waals surface area contributed by atoms with Crippen molar-refractivity contribution in [3.63, 3.8) is 0 Å². The molecule has 0 unspecified atom stereocenters. The van der Waals surface area contributed by atoms with Crippen LogP contribution >= 0.6 is 11.8 Å². The monoisotopic (exact) mass is 331 g/mol. The van der Waals surface area contributed by atoms with Crippen LogP contribution in [0, 0.1) is 0 Å². The molecule has 120 valence electrons. The summed E-state index contributed by atoms with van der Waals surface area (Å²) in [6.45, 7) is 2.28. The van der Waals surface area contributed by atoms with Crippen molar-refractivity contribution >= 4 is 17.7 Å². The van der Waals surface area contributed by atoms with Crippen LogP contribution in [-0.2, 0) is 9.53 Å². The van der Waals surface area contributed by atoms with Crippen LogP contribution in [0.1, 0.15) is 10.8 Å². The molecule has 6 nitrogen and oxygen atoms in total. The average molecular weight is 331 g/mol. The zero-order valence-electron chi connectivity index (χ0n) is 12.5. The highest BCUT2D eigenvalue weighted by atomic mass is 32.2. The standard InChI is InChI=1S/C16H17N3O3S/c20-13-6-7-17-16(18-13)23-14(12-4-2-1-3-5-12)15(21)19-8-10-22-11-9-19/h1-7,14H,8-11H2,(H,17,18,20)/t14-/m0/s1. The van der Waals surface area contributed by atoms with E-state index >= 15 is 0 Å². The van der Waals surface area contributed by atoms with E-state index in [0.717, 1.165) is 5.56 Å². The van der Waals surface area contributed by atoms with Gasteiger partial charge in [0.05, 0.1) is 13.2 Å². The number of aromatic amines is 1. The van der Waals surface area contributed by atoms with E-state index in [9.17, 15) is 9.59 Å². The number of ether oxygens (including phenoxy) is 1. The molecule has 1 atom stereocenters. The van der Waals surface area contributed by atoms with Crippen molar-refractivity contribution in [3.8, 4) is 0 Å². The molecule has 1 saturated heterocycles. The summed E-state index contributed by atoms with van der Waals surface area (Å²) < 4.78 is 5.31. The highest BCUT2D eigenvalue weighted by molar-refractivity contribution is 8.00. The van der Waals surface area contributed by atoms with Crippen molar-refractivity contribution in [3.05, 3.63) is 58.5 Å². The minimum absolute atomic E-state index is 0.0102. The van der Waals surface area contributed by atoms with E-state index in [0.29, 0.717) is 31.5 Å². The number of carbonyl (C=O) groups excluding carboxylic acids is 1. The quantitative estimate of drug-likeness (QED) is 0.678. The molecule has 1 fully saturated rings. The zero-order chi connectivity index (χ0) is 16.1. The molecule has 0 spiro atoms. The third kappa shape index (κ3) is 4.00. The number of thioether (sulfide) groups is 1. The summed E-state index contributed by atoms with van der Waals surface area (Å²) in [7, 11) is 0. The third-order valence-corrected chi connectivity index (χ3v) is 4.67. The number of benzene rings is 1. The fourth-order valence-corrected chi connectivity index (χ4v) is 3.41. The van der Waals surface area contributed by atoms with Gasteiger partial charge in [-0.25, -0.2) is 4.98 Å². The first-order chi connectivity index (χ1) is 11.2. The van der Waals surface area contributed by atoms with Crippen LogP contribution < -0.4 is 5.56 Å². The maximum absolute atomic E-state index is 12.9. The first-order valence-electron chi connectivity index (χ1n) is 7.37. The summed E-state index contributed by atoms with van der Waals surface area (Å²) in [5.41, 5.74) is 0.661. The van der Waals surface area contributed by atoms with E-state index < -0.39 is 5.25 Å². The molecule has 1 aromatic heterocycles. The van der Waals surface area contributed by atoms with Crippen LogP contribution in [0.4, 0.5) is 0 Å². The van der Waals surface area contributed by atoms with Crippen LogP contribution in [0.2, 0.25) is 0 Å². The number of aromatic nitrogens is 2. The molecule has 7 heteroatoms. The molecule has 0 aliphatic carbocycles. The normalized spacial score (nSPS) is 16.1. The topological polar surface area (TPSA) is 75.3 Å². The number of hydrogen-bond donors (Lipinski definition) is 1. The molecule has 0 saturated carbocycles. The second kappa shape index (κ2) is 7.43. The van der Waals surface area contributed by atoms with E-state index in [-0.39, 0.29) is 11.5 Å². The Balaban J connectivity index is 1.87. The molecule has 1 aliphatic rings. The first-order valence-corrected chi connectivity index (χ1v) is 8.25. The SMILES string of the molecule is O=C([C@@H](Sc1nccc(=O)[nH]1)c1ccccc1)N1CCOCC1. The summed E-state index contributed by atoms with van der Waals surface area (Å²) in [6.07, 6.45) is 1.45. The lowest BCUT2D eigenvalue weighted by molar-refractivity contribution is -0.134. The van der Waals surface area contributed by atoms with Crippen molar-refractivity contribution in [2.24, 2.45) is 0 Å². The second-order valence-electron chi connectivity index (χ2n) is 5.09. The van der Waals surface area contributed by atoms with Gasteiger partial charge in [0.1, 0.15) is 5.25 Å². The summed E-state index contributed by atoms with van der Waals surface area (Å²) in [5, 5.41) is -0.00666. The molecule has 3 rings (SSSR count). The molecule has 1 N–H and O–H groups in total. The number of nitrogens with one attached hydrogen (secondary N) is 1. The van der Waals surface area contributed by atoms with E-state index in [4.69, 9.17) is 4.74 Å². The van der Waals surface area contributed by atoms with Gasteiger partial charge in [-0.1, -0.05) is 42.1 Å². The molecule has 0 radical (unpaired) electrons. The summed E-state index contributed by atoms with van der Waals surface area (Å²) in [4.78, 5) is 33.0. The van der Waals surface area contributed by atoms with Gasteiger partial charge in [0.2, 0.25) is 5.91 Å². The average Bonchev–Trinajstić information content (AvgIpc) is 2.61. The zero-order valence-corrected chi connectivity index (χ0v) is 13.3. The number of morpholine rings is 1. The van der Waals surface area contributed by atoms with E-state index in [1.165, 1.54) is 24.0 Å². The van der Waals surface area contributed by atoms with Crippen molar-refractivity contribution in [1.29, 1.82) is 0 Å². The third-order valence-electron chi connectivity index (χ3n) is 3.53. The highest BCUT2D eigenvalue weighted by Gasteiger charge is 2.28. The van der Waals surface area contributed by atoms with E-state index in [1.54, 1.807) is 4.90 Å². The Kier molecular flexibility index (Phi) is 5.09. The van der Waals surface area contributed by atoms with Crippen LogP contribution in [-0.4, -0.2) is 47.1 Å². The van der Waals surface area contributed by atoms with Gasteiger partial charge in [0.15, 0.2) is 5.16 Å². The number of nitrogens with zero attached hydrogens (tertiary/aromatic N) is 2. The molecule has 2 aromatic rings. The fourth-order valence-electron chi connectivity index (χ4n) is 2.36. The Morgan fingerprint density at radius 2 is 1.96 bits per heavy atom. The molecule has 1 aliphatic heterocycles. The van der Waals surface area contributed by atoms with Gasteiger partial charge in [-0.15, -0.1) is 0 Å². The molecule has 23 heavy (non-hydrogen) atoms. The summed E-state index contributed by atoms with van der Waals surface area (Å²) >= 11 is 1.26. The Labute approximate surface area is 137 Å². The molecular weight excluding hydrogens is 314 g/mol. The summed E-state index contributed by atoms with van der Waals surface area (Å²) in [6, 6.07) is 10.9. The minimum Gasteiger partial charge on any atom is -0.378 e.